The molecule has 1 aromatic carbocycles. The summed E-state index contributed by atoms with van der Waals surface area (Å²) < 4.78 is 6.27. The molecule has 0 saturated carbocycles. The summed E-state index contributed by atoms with van der Waals surface area (Å²) in [4.78, 5) is 34.9. The molecule has 2 heterocycles. The molecule has 0 atom stereocenters. The molecule has 132 valence electrons. The fraction of sp³-hybridized carbons (Fsp3) is 0.111. The van der Waals surface area contributed by atoms with Crippen molar-refractivity contribution in [1.82, 2.24) is 15.1 Å². The molecule has 0 aliphatic carbocycles. The zero-order valence-corrected chi connectivity index (χ0v) is 13.6. The van der Waals surface area contributed by atoms with E-state index in [9.17, 15) is 14.4 Å². The van der Waals surface area contributed by atoms with Gasteiger partial charge in [-0.25, -0.2) is 9.48 Å². The van der Waals surface area contributed by atoms with Crippen LogP contribution in [-0.2, 0) is 13.1 Å². The second kappa shape index (κ2) is 7.47. The highest BCUT2D eigenvalue weighted by molar-refractivity contribution is 5.92. The highest BCUT2D eigenvalue weighted by Crippen LogP contribution is 2.07. The Morgan fingerprint density at radius 2 is 1.85 bits per heavy atom. The number of carboxylic acids is 1. The molecule has 0 saturated heterocycles. The summed E-state index contributed by atoms with van der Waals surface area (Å²) in [5.74, 6) is -1.59. The highest BCUT2D eigenvalue weighted by Gasteiger charge is 2.12. The molecular formula is C18H15N3O5. The van der Waals surface area contributed by atoms with Gasteiger partial charge in [-0.3, -0.25) is 9.59 Å². The van der Waals surface area contributed by atoms with Gasteiger partial charge in [-0.15, -0.1) is 0 Å². The molecule has 2 N–H and O–H groups in total. The first-order valence-corrected chi connectivity index (χ1v) is 7.75. The van der Waals surface area contributed by atoms with Gasteiger partial charge in [0.15, 0.2) is 0 Å². The van der Waals surface area contributed by atoms with Crippen molar-refractivity contribution in [3.63, 3.8) is 0 Å². The van der Waals surface area contributed by atoms with Crippen molar-refractivity contribution in [2.45, 2.75) is 13.1 Å². The summed E-state index contributed by atoms with van der Waals surface area (Å²) in [6.45, 7) is 0.257. The Kier molecular flexibility index (Phi) is 4.93. The molecule has 0 spiro atoms. The summed E-state index contributed by atoms with van der Waals surface area (Å²) in [7, 11) is 0. The molecule has 2 aromatic heterocycles. The van der Waals surface area contributed by atoms with Gasteiger partial charge in [-0.1, -0.05) is 30.3 Å². The van der Waals surface area contributed by atoms with E-state index >= 15 is 0 Å². The Balaban J connectivity index is 1.70. The van der Waals surface area contributed by atoms with Crippen LogP contribution >= 0.6 is 0 Å². The largest absolute Gasteiger partial charge is 0.475 e. The van der Waals surface area contributed by atoms with E-state index in [4.69, 9.17) is 9.52 Å². The molecule has 8 heteroatoms. The zero-order chi connectivity index (χ0) is 18.5. The maximum absolute atomic E-state index is 12.2. The fourth-order valence-corrected chi connectivity index (χ4v) is 2.29. The van der Waals surface area contributed by atoms with Crippen LogP contribution in [0.2, 0.25) is 0 Å². The van der Waals surface area contributed by atoms with Crippen LogP contribution in [-0.4, -0.2) is 26.8 Å². The highest BCUT2D eigenvalue weighted by atomic mass is 16.4. The molecule has 0 fully saturated rings. The second-order valence-corrected chi connectivity index (χ2v) is 5.45. The van der Waals surface area contributed by atoms with Gasteiger partial charge in [0.2, 0.25) is 5.76 Å². The standard InChI is InChI=1S/C18H15N3O5/c22-16-9-7-14(20-21(16)11-12-4-2-1-3-5-12)17(23)19-10-13-6-8-15(26-13)18(24)25/h1-9H,10-11H2,(H,19,23)(H,24,25). The molecule has 0 unspecified atom stereocenters. The molecule has 8 nitrogen and oxygen atoms in total. The quantitative estimate of drug-likeness (QED) is 0.694. The molecule has 1 amide bonds. The Labute approximate surface area is 147 Å². The summed E-state index contributed by atoms with van der Waals surface area (Å²) >= 11 is 0. The molecule has 0 bridgehead atoms. The first kappa shape index (κ1) is 17.2. The van der Waals surface area contributed by atoms with E-state index in [-0.39, 0.29) is 30.1 Å². The maximum atomic E-state index is 12.2. The van der Waals surface area contributed by atoms with Gasteiger partial charge < -0.3 is 14.8 Å². The number of carboxylic acid groups (broad SMARTS) is 1. The number of aromatic carboxylic acids is 1. The number of nitrogens with zero attached hydrogens (tertiary/aromatic N) is 2. The zero-order valence-electron chi connectivity index (χ0n) is 13.6. The van der Waals surface area contributed by atoms with E-state index in [0.717, 1.165) is 5.56 Å². The summed E-state index contributed by atoms with van der Waals surface area (Å²) in [5, 5.41) is 15.5. The number of nitrogens with one attached hydrogen (secondary N) is 1. The van der Waals surface area contributed by atoms with Gasteiger partial charge in [0, 0.05) is 6.07 Å². The van der Waals surface area contributed by atoms with E-state index in [1.54, 1.807) is 0 Å². The van der Waals surface area contributed by atoms with E-state index in [2.05, 4.69) is 10.4 Å². The predicted molar refractivity (Wildman–Crippen MR) is 90.9 cm³/mol. The maximum Gasteiger partial charge on any atom is 0.371 e. The van der Waals surface area contributed by atoms with Gasteiger partial charge >= 0.3 is 5.97 Å². The molecule has 0 radical (unpaired) electrons. The fourth-order valence-electron chi connectivity index (χ4n) is 2.29. The number of carbonyl (C=O) groups excluding carboxylic acids is 1. The van der Waals surface area contributed by atoms with Crippen LogP contribution in [0.5, 0.6) is 0 Å². The van der Waals surface area contributed by atoms with Crippen molar-refractivity contribution in [3.05, 3.63) is 87.7 Å². The van der Waals surface area contributed by atoms with Crippen molar-refractivity contribution in [1.29, 1.82) is 0 Å². The van der Waals surface area contributed by atoms with E-state index in [1.807, 2.05) is 30.3 Å². The van der Waals surface area contributed by atoms with Crippen molar-refractivity contribution in [2.24, 2.45) is 0 Å². The van der Waals surface area contributed by atoms with Crippen LogP contribution < -0.4 is 10.9 Å². The number of carbonyl (C=O) groups is 2. The lowest BCUT2D eigenvalue weighted by atomic mass is 10.2. The molecule has 26 heavy (non-hydrogen) atoms. The Hall–Kier alpha value is -3.68. The van der Waals surface area contributed by atoms with Crippen LogP contribution in [0.1, 0.15) is 32.4 Å². The van der Waals surface area contributed by atoms with Gasteiger partial charge in [0.05, 0.1) is 13.1 Å². The van der Waals surface area contributed by atoms with Crippen molar-refractivity contribution >= 4 is 11.9 Å². The van der Waals surface area contributed by atoms with Crippen molar-refractivity contribution in [3.8, 4) is 0 Å². The smallest absolute Gasteiger partial charge is 0.371 e. The molecular weight excluding hydrogens is 338 g/mol. The Morgan fingerprint density at radius 3 is 2.54 bits per heavy atom. The Bertz CT molecular complexity index is 991. The van der Waals surface area contributed by atoms with Gasteiger partial charge in [0.25, 0.3) is 11.5 Å². The number of aromatic nitrogens is 2. The molecule has 0 aliphatic rings. The SMILES string of the molecule is O=C(NCc1ccc(C(=O)O)o1)c1ccc(=O)n(Cc2ccccc2)n1. The van der Waals surface area contributed by atoms with Crippen LogP contribution in [0.25, 0.3) is 0 Å². The summed E-state index contributed by atoms with van der Waals surface area (Å²) in [6.07, 6.45) is 0. The van der Waals surface area contributed by atoms with E-state index in [0.29, 0.717) is 5.76 Å². The first-order chi connectivity index (χ1) is 12.5. The topological polar surface area (TPSA) is 114 Å². The number of hydrogen-bond donors (Lipinski definition) is 2. The number of furan rings is 1. The number of hydrogen-bond acceptors (Lipinski definition) is 5. The normalized spacial score (nSPS) is 10.5. The predicted octanol–water partition coefficient (Wildman–Crippen LogP) is 1.51. The van der Waals surface area contributed by atoms with Crippen molar-refractivity contribution in [2.75, 3.05) is 0 Å². The van der Waals surface area contributed by atoms with Crippen LogP contribution in [0, 0.1) is 0 Å². The van der Waals surface area contributed by atoms with E-state index in [1.165, 1.54) is 28.9 Å². The second-order valence-electron chi connectivity index (χ2n) is 5.45. The average molecular weight is 353 g/mol. The molecule has 0 aliphatic heterocycles. The van der Waals surface area contributed by atoms with Crippen molar-refractivity contribution < 1.29 is 19.1 Å². The third-order valence-electron chi connectivity index (χ3n) is 3.57. The lowest BCUT2D eigenvalue weighted by Crippen LogP contribution is -2.29. The minimum Gasteiger partial charge on any atom is -0.475 e. The molecule has 3 rings (SSSR count). The third kappa shape index (κ3) is 4.04. The lowest BCUT2D eigenvalue weighted by Gasteiger charge is -2.07. The van der Waals surface area contributed by atoms with E-state index < -0.39 is 11.9 Å². The molecule has 3 aromatic rings. The first-order valence-electron chi connectivity index (χ1n) is 7.75. The van der Waals surface area contributed by atoms with Gasteiger partial charge in [0.1, 0.15) is 11.5 Å². The summed E-state index contributed by atoms with van der Waals surface area (Å²) in [6, 6.07) is 14.7. The Morgan fingerprint density at radius 1 is 1.08 bits per heavy atom. The van der Waals surface area contributed by atoms with Gasteiger partial charge in [-0.05, 0) is 23.8 Å². The number of rotatable bonds is 6. The minimum atomic E-state index is -1.18. The third-order valence-corrected chi connectivity index (χ3v) is 3.57. The van der Waals surface area contributed by atoms with Crippen LogP contribution in [0.15, 0.2) is 63.8 Å². The number of amides is 1. The van der Waals surface area contributed by atoms with Crippen LogP contribution in [0.4, 0.5) is 0 Å². The average Bonchev–Trinajstić information content (AvgIpc) is 3.12. The monoisotopic (exact) mass is 353 g/mol. The minimum absolute atomic E-state index is 0.00556. The lowest BCUT2D eigenvalue weighted by molar-refractivity contribution is 0.0660. The van der Waals surface area contributed by atoms with Gasteiger partial charge in [-0.2, -0.15) is 5.10 Å². The number of benzene rings is 1. The van der Waals surface area contributed by atoms with Crippen LogP contribution in [0.3, 0.4) is 0 Å². The summed E-state index contributed by atoms with van der Waals surface area (Å²) in [5.41, 5.74) is 0.643.